The highest BCUT2D eigenvalue weighted by atomic mass is 16.4. The van der Waals surface area contributed by atoms with E-state index in [1.54, 1.807) is 0 Å². The van der Waals surface area contributed by atoms with Gasteiger partial charge in [-0.3, -0.25) is 0 Å². The quantitative estimate of drug-likeness (QED) is 0.381. The van der Waals surface area contributed by atoms with Gasteiger partial charge >= 0.3 is 6.09 Å². The summed E-state index contributed by atoms with van der Waals surface area (Å²) in [6.45, 7) is 0. The molecule has 7 N–H and O–H groups in total. The zero-order valence-electron chi connectivity index (χ0n) is 6.36. The first kappa shape index (κ1) is 10.2. The minimum atomic E-state index is -1.33. The fraction of sp³-hybridized carbons (Fsp3) is 0.833. The Hall–Kier alpha value is -0.810. The molecule has 0 heterocycles. The molecule has 66 valence electrons. The maximum Gasteiger partial charge on any atom is 0.402 e. The summed E-state index contributed by atoms with van der Waals surface area (Å²) in [5, 5.41) is 7.19. The summed E-state index contributed by atoms with van der Waals surface area (Å²) in [7, 11) is 0. The van der Waals surface area contributed by atoms with E-state index in [1.165, 1.54) is 6.42 Å². The summed E-state index contributed by atoms with van der Waals surface area (Å²) >= 11 is 0. The highest BCUT2D eigenvalue weighted by Gasteiger charge is 2.18. The molecule has 0 aliphatic heterocycles. The molecular formula is C6H15N3O2. The summed E-state index contributed by atoms with van der Waals surface area (Å²) in [6, 6.07) is 0.583. The first-order valence-electron chi connectivity index (χ1n) is 3.53. The van der Waals surface area contributed by atoms with E-state index in [0.717, 1.165) is 12.8 Å². The Morgan fingerprint density at radius 1 is 1.27 bits per heavy atom. The van der Waals surface area contributed by atoms with E-state index in [0.29, 0.717) is 12.1 Å². The van der Waals surface area contributed by atoms with Gasteiger partial charge in [-0.1, -0.05) is 6.42 Å². The Morgan fingerprint density at radius 2 is 1.55 bits per heavy atom. The molecule has 0 radical (unpaired) electrons. The molecule has 0 bridgehead atoms. The van der Waals surface area contributed by atoms with Crippen LogP contribution in [0.5, 0.6) is 0 Å². The molecule has 1 amide bonds. The number of hydrogen-bond donors (Lipinski definition) is 4. The van der Waals surface area contributed by atoms with Crippen molar-refractivity contribution in [1.29, 1.82) is 0 Å². The Kier molecular flexibility index (Phi) is 4.56. The Bertz CT molecular complexity index is 117. The van der Waals surface area contributed by atoms with E-state index in [-0.39, 0.29) is 0 Å². The van der Waals surface area contributed by atoms with Crippen molar-refractivity contribution in [3.05, 3.63) is 0 Å². The van der Waals surface area contributed by atoms with Gasteiger partial charge in [0.05, 0.1) is 0 Å². The summed E-state index contributed by atoms with van der Waals surface area (Å²) in [5.41, 5.74) is 15.1. The highest BCUT2D eigenvalue weighted by molar-refractivity contribution is 5.61. The molecule has 1 aliphatic carbocycles. The molecular weight excluding hydrogens is 146 g/mol. The second-order valence-corrected chi connectivity index (χ2v) is 2.60. The molecule has 0 saturated heterocycles. The van der Waals surface area contributed by atoms with Crippen LogP contribution in [0, 0.1) is 0 Å². The van der Waals surface area contributed by atoms with Gasteiger partial charge in [0.25, 0.3) is 0 Å². The lowest BCUT2D eigenvalue weighted by Gasteiger charge is -2.05. The largest absolute Gasteiger partial charge is 0.465 e. The van der Waals surface area contributed by atoms with Crippen LogP contribution < -0.4 is 17.2 Å². The first-order valence-corrected chi connectivity index (χ1v) is 3.53. The molecule has 1 saturated carbocycles. The van der Waals surface area contributed by atoms with Gasteiger partial charge < -0.3 is 22.3 Å². The number of carbonyl (C=O) groups is 1. The molecule has 5 heteroatoms. The van der Waals surface area contributed by atoms with Crippen molar-refractivity contribution in [2.45, 2.75) is 31.3 Å². The van der Waals surface area contributed by atoms with E-state index in [9.17, 15) is 0 Å². The SMILES string of the molecule is NC(=O)O.N[C@@H]1CCC[C@H]1N. The van der Waals surface area contributed by atoms with Crippen LogP contribution in [0.15, 0.2) is 0 Å². The minimum absolute atomic E-state index is 0.292. The van der Waals surface area contributed by atoms with Crippen molar-refractivity contribution in [3.8, 4) is 0 Å². The molecule has 11 heavy (non-hydrogen) atoms. The predicted molar refractivity (Wildman–Crippen MR) is 42.0 cm³/mol. The molecule has 1 aliphatic rings. The predicted octanol–water partition coefficient (Wildman–Crippen LogP) is -0.552. The maximum atomic E-state index is 8.78. The molecule has 1 rings (SSSR count). The van der Waals surface area contributed by atoms with Crippen molar-refractivity contribution in [3.63, 3.8) is 0 Å². The van der Waals surface area contributed by atoms with Gasteiger partial charge in [0.15, 0.2) is 0 Å². The Labute approximate surface area is 65.5 Å². The molecule has 0 unspecified atom stereocenters. The molecule has 5 nitrogen and oxygen atoms in total. The van der Waals surface area contributed by atoms with Crippen molar-refractivity contribution in [2.75, 3.05) is 0 Å². The highest BCUT2D eigenvalue weighted by Crippen LogP contribution is 2.13. The maximum absolute atomic E-state index is 8.78. The fourth-order valence-corrected chi connectivity index (χ4v) is 1.02. The topological polar surface area (TPSA) is 115 Å². The summed E-state index contributed by atoms with van der Waals surface area (Å²) in [5.74, 6) is 0. The Balaban J connectivity index is 0.000000218. The van der Waals surface area contributed by atoms with Crippen molar-refractivity contribution in [1.82, 2.24) is 0 Å². The number of nitrogens with two attached hydrogens (primary N) is 3. The zero-order chi connectivity index (χ0) is 8.85. The second kappa shape index (κ2) is 4.92. The molecule has 0 aromatic carbocycles. The van der Waals surface area contributed by atoms with Crippen molar-refractivity contribution in [2.24, 2.45) is 17.2 Å². The second-order valence-electron chi connectivity index (χ2n) is 2.60. The summed E-state index contributed by atoms with van der Waals surface area (Å²) < 4.78 is 0. The van der Waals surface area contributed by atoms with Gasteiger partial charge in [0, 0.05) is 12.1 Å². The van der Waals surface area contributed by atoms with Gasteiger partial charge in [-0.05, 0) is 12.8 Å². The van der Waals surface area contributed by atoms with E-state index in [2.05, 4.69) is 5.73 Å². The standard InChI is InChI=1S/C5H12N2.CH3NO2/c6-4-2-1-3-5(4)7;2-1(3)4/h4-5H,1-3,6-7H2;2H2,(H,3,4)/t4-,5-;/m1./s1. The van der Waals surface area contributed by atoms with Crippen LogP contribution in [0.25, 0.3) is 0 Å². The van der Waals surface area contributed by atoms with Gasteiger partial charge in [-0.25, -0.2) is 4.79 Å². The lowest BCUT2D eigenvalue weighted by Crippen LogP contribution is -2.35. The van der Waals surface area contributed by atoms with Crippen LogP contribution in [0.2, 0.25) is 0 Å². The molecule has 2 atom stereocenters. The van der Waals surface area contributed by atoms with Gasteiger partial charge in [-0.15, -0.1) is 0 Å². The third kappa shape index (κ3) is 5.63. The van der Waals surface area contributed by atoms with Gasteiger partial charge in [-0.2, -0.15) is 0 Å². The molecule has 0 aromatic rings. The van der Waals surface area contributed by atoms with Crippen LogP contribution in [-0.2, 0) is 0 Å². The molecule has 0 aromatic heterocycles. The van der Waals surface area contributed by atoms with Gasteiger partial charge in [0.1, 0.15) is 0 Å². The number of primary amides is 1. The van der Waals surface area contributed by atoms with E-state index in [1.807, 2.05) is 0 Å². The summed E-state index contributed by atoms with van der Waals surface area (Å²) in [6.07, 6.45) is 2.14. The smallest absolute Gasteiger partial charge is 0.402 e. The van der Waals surface area contributed by atoms with Gasteiger partial charge in [0.2, 0.25) is 0 Å². The summed E-state index contributed by atoms with van der Waals surface area (Å²) in [4.78, 5) is 8.78. The number of rotatable bonds is 0. The number of carboxylic acid groups (broad SMARTS) is 1. The van der Waals surface area contributed by atoms with E-state index in [4.69, 9.17) is 21.4 Å². The minimum Gasteiger partial charge on any atom is -0.465 e. The third-order valence-corrected chi connectivity index (χ3v) is 1.62. The van der Waals surface area contributed by atoms with Crippen LogP contribution >= 0.6 is 0 Å². The van der Waals surface area contributed by atoms with Crippen molar-refractivity contribution < 1.29 is 9.90 Å². The monoisotopic (exact) mass is 161 g/mol. The average molecular weight is 161 g/mol. The Morgan fingerprint density at radius 3 is 1.64 bits per heavy atom. The van der Waals surface area contributed by atoms with Crippen LogP contribution in [0.3, 0.4) is 0 Å². The van der Waals surface area contributed by atoms with Crippen LogP contribution in [0.1, 0.15) is 19.3 Å². The lowest BCUT2D eigenvalue weighted by atomic mass is 10.2. The number of hydrogen-bond acceptors (Lipinski definition) is 3. The molecule has 0 spiro atoms. The van der Waals surface area contributed by atoms with Crippen LogP contribution in [-0.4, -0.2) is 23.3 Å². The van der Waals surface area contributed by atoms with Crippen LogP contribution in [0.4, 0.5) is 4.79 Å². The normalized spacial score (nSPS) is 28.9. The lowest BCUT2D eigenvalue weighted by molar-refractivity contribution is 0.205. The first-order chi connectivity index (χ1) is 5.04. The van der Waals surface area contributed by atoms with E-state index < -0.39 is 6.09 Å². The fourth-order valence-electron chi connectivity index (χ4n) is 1.02. The molecule has 1 fully saturated rings. The third-order valence-electron chi connectivity index (χ3n) is 1.62. The zero-order valence-corrected chi connectivity index (χ0v) is 6.36. The average Bonchev–Trinajstić information content (AvgIpc) is 2.15. The van der Waals surface area contributed by atoms with Crippen molar-refractivity contribution >= 4 is 6.09 Å². The van der Waals surface area contributed by atoms with E-state index >= 15 is 0 Å². The number of amides is 1.